The predicted octanol–water partition coefficient (Wildman–Crippen LogP) is 4.01. The van der Waals surface area contributed by atoms with E-state index in [4.69, 9.17) is 4.74 Å². The normalized spacial score (nSPS) is 14.3. The molecule has 2 unspecified atom stereocenters. The van der Waals surface area contributed by atoms with Crippen LogP contribution in [0.3, 0.4) is 0 Å². The lowest BCUT2D eigenvalue weighted by Crippen LogP contribution is -2.23. The van der Waals surface area contributed by atoms with E-state index >= 15 is 0 Å². The Bertz CT molecular complexity index is 364. The molecule has 1 aromatic rings. The Morgan fingerprint density at radius 1 is 1.22 bits per heavy atom. The van der Waals surface area contributed by atoms with Crippen LogP contribution in [-0.4, -0.2) is 14.2 Å². The predicted molar refractivity (Wildman–Crippen MR) is 78.3 cm³/mol. The van der Waals surface area contributed by atoms with E-state index in [1.54, 1.807) is 7.11 Å². The van der Waals surface area contributed by atoms with Gasteiger partial charge in [0.05, 0.1) is 7.11 Å². The number of hydrogen-bond acceptors (Lipinski definition) is 2. The number of aryl methyl sites for hydroxylation is 2. The highest BCUT2D eigenvalue weighted by Crippen LogP contribution is 2.31. The third kappa shape index (κ3) is 3.26. The fourth-order valence-electron chi connectivity index (χ4n) is 2.89. The van der Waals surface area contributed by atoms with Gasteiger partial charge in [0.25, 0.3) is 0 Å². The van der Waals surface area contributed by atoms with Crippen molar-refractivity contribution in [2.24, 2.45) is 5.92 Å². The van der Waals surface area contributed by atoms with E-state index in [2.05, 4.69) is 45.1 Å². The van der Waals surface area contributed by atoms with Crippen LogP contribution in [-0.2, 0) is 0 Å². The molecule has 0 saturated heterocycles. The highest BCUT2D eigenvalue weighted by Gasteiger charge is 2.18. The quantitative estimate of drug-likeness (QED) is 0.822. The molecule has 1 rings (SSSR count). The maximum atomic E-state index is 5.43. The second-order valence-electron chi connectivity index (χ2n) is 5.22. The van der Waals surface area contributed by atoms with Crippen molar-refractivity contribution in [1.82, 2.24) is 5.32 Å². The van der Waals surface area contributed by atoms with Crippen LogP contribution in [0.4, 0.5) is 0 Å². The van der Waals surface area contributed by atoms with Crippen LogP contribution in [0.5, 0.6) is 5.75 Å². The van der Waals surface area contributed by atoms with Crippen LogP contribution in [0.15, 0.2) is 12.1 Å². The van der Waals surface area contributed by atoms with Crippen molar-refractivity contribution in [2.45, 2.75) is 46.6 Å². The van der Waals surface area contributed by atoms with Crippen molar-refractivity contribution < 1.29 is 4.74 Å². The average molecular weight is 249 g/mol. The van der Waals surface area contributed by atoms with Crippen LogP contribution >= 0.6 is 0 Å². The van der Waals surface area contributed by atoms with E-state index in [0.717, 1.165) is 5.75 Å². The molecule has 0 amide bonds. The topological polar surface area (TPSA) is 21.3 Å². The van der Waals surface area contributed by atoms with Gasteiger partial charge in [0.15, 0.2) is 0 Å². The van der Waals surface area contributed by atoms with Crippen molar-refractivity contribution in [3.05, 3.63) is 28.8 Å². The van der Waals surface area contributed by atoms with Gasteiger partial charge in [-0.25, -0.2) is 0 Å². The summed E-state index contributed by atoms with van der Waals surface area (Å²) in [5.41, 5.74) is 3.81. The van der Waals surface area contributed by atoms with Gasteiger partial charge in [0.2, 0.25) is 0 Å². The van der Waals surface area contributed by atoms with Gasteiger partial charge in [-0.15, -0.1) is 0 Å². The van der Waals surface area contributed by atoms with E-state index in [9.17, 15) is 0 Å². The largest absolute Gasteiger partial charge is 0.496 e. The standard InChI is InChI=1S/C16H27NO/c1-7-8-11(2)15(17-5)14-9-12(3)16(18-6)13(4)10-14/h9-11,15,17H,7-8H2,1-6H3. The minimum absolute atomic E-state index is 0.424. The molecular formula is C16H27NO. The van der Waals surface area contributed by atoms with E-state index in [-0.39, 0.29) is 0 Å². The number of ether oxygens (including phenoxy) is 1. The summed E-state index contributed by atoms with van der Waals surface area (Å²) in [6.07, 6.45) is 2.48. The summed E-state index contributed by atoms with van der Waals surface area (Å²) in [7, 11) is 3.79. The molecule has 2 nitrogen and oxygen atoms in total. The Kier molecular flexibility index (Phi) is 5.67. The third-order valence-electron chi connectivity index (χ3n) is 3.67. The molecule has 0 bridgehead atoms. The Morgan fingerprint density at radius 2 is 1.78 bits per heavy atom. The number of benzene rings is 1. The SMILES string of the molecule is CCCC(C)C(NC)c1cc(C)c(OC)c(C)c1. The second-order valence-corrected chi connectivity index (χ2v) is 5.22. The molecule has 102 valence electrons. The molecule has 0 radical (unpaired) electrons. The molecule has 0 aliphatic carbocycles. The molecule has 2 heteroatoms. The zero-order valence-corrected chi connectivity index (χ0v) is 12.6. The molecule has 2 atom stereocenters. The van der Waals surface area contributed by atoms with Gasteiger partial charge >= 0.3 is 0 Å². The molecule has 0 fully saturated rings. The lowest BCUT2D eigenvalue weighted by molar-refractivity contribution is 0.381. The highest BCUT2D eigenvalue weighted by atomic mass is 16.5. The Balaban J connectivity index is 3.07. The number of nitrogens with one attached hydrogen (secondary N) is 1. The Morgan fingerprint density at radius 3 is 2.17 bits per heavy atom. The maximum Gasteiger partial charge on any atom is 0.124 e. The molecule has 0 aliphatic heterocycles. The van der Waals surface area contributed by atoms with Crippen molar-refractivity contribution in [2.75, 3.05) is 14.2 Å². The first kappa shape index (κ1) is 15.0. The fraction of sp³-hybridized carbons (Fsp3) is 0.625. The van der Waals surface area contributed by atoms with Gasteiger partial charge in [-0.2, -0.15) is 0 Å². The van der Waals surface area contributed by atoms with Gasteiger partial charge < -0.3 is 10.1 Å². The Hall–Kier alpha value is -1.02. The van der Waals surface area contributed by atoms with Crippen molar-refractivity contribution >= 4 is 0 Å². The van der Waals surface area contributed by atoms with Crippen LogP contribution in [0.1, 0.15) is 49.4 Å². The lowest BCUT2D eigenvalue weighted by atomic mass is 9.89. The minimum atomic E-state index is 0.424. The van der Waals surface area contributed by atoms with Gasteiger partial charge in [-0.1, -0.05) is 32.4 Å². The number of rotatable bonds is 6. The molecule has 0 saturated carbocycles. The van der Waals surface area contributed by atoms with Gasteiger partial charge in [0, 0.05) is 6.04 Å². The monoisotopic (exact) mass is 249 g/mol. The smallest absolute Gasteiger partial charge is 0.124 e. The molecule has 0 spiro atoms. The molecular weight excluding hydrogens is 222 g/mol. The molecule has 0 heterocycles. The first-order chi connectivity index (χ1) is 8.54. The van der Waals surface area contributed by atoms with Crippen LogP contribution in [0, 0.1) is 19.8 Å². The zero-order chi connectivity index (χ0) is 13.7. The average Bonchev–Trinajstić information content (AvgIpc) is 2.30. The summed E-state index contributed by atoms with van der Waals surface area (Å²) in [6.45, 7) is 8.80. The summed E-state index contributed by atoms with van der Waals surface area (Å²) in [4.78, 5) is 0. The van der Waals surface area contributed by atoms with Crippen LogP contribution in [0.25, 0.3) is 0 Å². The lowest BCUT2D eigenvalue weighted by Gasteiger charge is -2.25. The van der Waals surface area contributed by atoms with Crippen molar-refractivity contribution in [1.29, 1.82) is 0 Å². The van der Waals surface area contributed by atoms with Gasteiger partial charge in [-0.3, -0.25) is 0 Å². The molecule has 18 heavy (non-hydrogen) atoms. The van der Waals surface area contributed by atoms with E-state index in [0.29, 0.717) is 12.0 Å². The summed E-state index contributed by atoms with van der Waals surface area (Å²) in [5.74, 6) is 1.66. The molecule has 0 aliphatic rings. The van der Waals surface area contributed by atoms with Gasteiger partial charge in [-0.05, 0) is 49.9 Å². The third-order valence-corrected chi connectivity index (χ3v) is 3.67. The van der Waals surface area contributed by atoms with Crippen LogP contribution < -0.4 is 10.1 Å². The van der Waals surface area contributed by atoms with E-state index < -0.39 is 0 Å². The van der Waals surface area contributed by atoms with Crippen molar-refractivity contribution in [3.8, 4) is 5.75 Å². The second kappa shape index (κ2) is 6.79. The Labute approximate surface area is 112 Å². The number of hydrogen-bond donors (Lipinski definition) is 1. The fourth-order valence-corrected chi connectivity index (χ4v) is 2.89. The van der Waals surface area contributed by atoms with E-state index in [1.165, 1.54) is 29.5 Å². The minimum Gasteiger partial charge on any atom is -0.496 e. The summed E-state index contributed by atoms with van der Waals surface area (Å²) < 4.78 is 5.43. The van der Waals surface area contributed by atoms with Gasteiger partial charge in [0.1, 0.15) is 5.75 Å². The number of methoxy groups -OCH3 is 1. The zero-order valence-electron chi connectivity index (χ0n) is 12.6. The summed E-state index contributed by atoms with van der Waals surface area (Å²) in [5, 5.41) is 3.45. The molecule has 0 aromatic heterocycles. The summed E-state index contributed by atoms with van der Waals surface area (Å²) in [6, 6.07) is 4.92. The summed E-state index contributed by atoms with van der Waals surface area (Å²) >= 11 is 0. The van der Waals surface area contributed by atoms with E-state index in [1.807, 2.05) is 7.05 Å². The first-order valence-corrected chi connectivity index (χ1v) is 6.87. The maximum absolute atomic E-state index is 5.43. The van der Waals surface area contributed by atoms with Crippen molar-refractivity contribution in [3.63, 3.8) is 0 Å². The highest BCUT2D eigenvalue weighted by molar-refractivity contribution is 5.44. The molecule has 1 aromatic carbocycles. The first-order valence-electron chi connectivity index (χ1n) is 6.87. The van der Waals surface area contributed by atoms with Crippen LogP contribution in [0.2, 0.25) is 0 Å². The molecule has 1 N–H and O–H groups in total.